The van der Waals surface area contributed by atoms with E-state index in [-0.39, 0.29) is 24.3 Å². The minimum atomic E-state index is -1.31. The van der Waals surface area contributed by atoms with Gasteiger partial charge in [-0.2, -0.15) is 0 Å². The second-order valence-electron chi connectivity index (χ2n) is 17.1. The molecule has 14 nitrogen and oxygen atoms in total. The third-order valence-electron chi connectivity index (χ3n) is 12.4. The van der Waals surface area contributed by atoms with Gasteiger partial charge in [-0.05, 0) is 86.0 Å². The van der Waals surface area contributed by atoms with E-state index in [4.69, 9.17) is 23.7 Å². The molecule has 0 aliphatic carbocycles. The Hall–Kier alpha value is -3.69. The number of rotatable bonds is 11. The number of carbonyl (C=O) groups excluding carboxylic acids is 3. The number of imidazole rings is 1. The van der Waals surface area contributed by atoms with Crippen molar-refractivity contribution in [2.24, 2.45) is 17.8 Å². The molecular formula is C43H65N5O9. The van der Waals surface area contributed by atoms with Crippen molar-refractivity contribution in [1.82, 2.24) is 24.3 Å². The van der Waals surface area contributed by atoms with E-state index in [1.165, 1.54) is 0 Å². The number of hydrogen-bond donors (Lipinski definition) is 1. The topological polar surface area (TPSA) is 155 Å². The highest BCUT2D eigenvalue weighted by Crippen LogP contribution is 2.43. The molecule has 3 aliphatic rings. The number of esters is 1. The zero-order valence-corrected chi connectivity index (χ0v) is 35.7. The Morgan fingerprint density at radius 3 is 2.46 bits per heavy atom. The predicted octanol–water partition coefficient (Wildman–Crippen LogP) is 5.67. The van der Waals surface area contributed by atoms with E-state index < -0.39 is 71.7 Å². The number of nitrogens with zero attached hydrogens (tertiary/aromatic N) is 5. The van der Waals surface area contributed by atoms with Crippen LogP contribution in [0.1, 0.15) is 87.5 Å². The van der Waals surface area contributed by atoms with Crippen LogP contribution in [0.5, 0.6) is 0 Å². The van der Waals surface area contributed by atoms with E-state index in [0.29, 0.717) is 37.9 Å². The normalized spacial score (nSPS) is 36.6. The molecule has 0 aromatic carbocycles. The van der Waals surface area contributed by atoms with Crippen molar-refractivity contribution in [3.05, 3.63) is 48.7 Å². The second-order valence-corrected chi connectivity index (χ2v) is 17.1. The van der Waals surface area contributed by atoms with Gasteiger partial charge in [0.05, 0.1) is 35.9 Å². The first-order chi connectivity index (χ1) is 26.9. The lowest BCUT2D eigenvalue weighted by molar-refractivity contribution is -0.294. The minimum absolute atomic E-state index is 0.0780. The van der Waals surface area contributed by atoms with Gasteiger partial charge in [0, 0.05) is 73.7 Å². The Morgan fingerprint density at radius 1 is 1.09 bits per heavy atom. The van der Waals surface area contributed by atoms with Crippen molar-refractivity contribution in [2.45, 2.75) is 148 Å². The lowest BCUT2D eigenvalue weighted by Gasteiger charge is -2.47. The Labute approximate surface area is 338 Å². The maximum absolute atomic E-state index is 14.7. The van der Waals surface area contributed by atoms with Crippen molar-refractivity contribution >= 4 is 17.8 Å². The Balaban J connectivity index is 1.42. The summed E-state index contributed by atoms with van der Waals surface area (Å²) < 4.78 is 33.6. The van der Waals surface area contributed by atoms with Crippen molar-refractivity contribution in [3.63, 3.8) is 0 Å². The van der Waals surface area contributed by atoms with Crippen LogP contribution in [0, 0.1) is 17.8 Å². The van der Waals surface area contributed by atoms with Gasteiger partial charge in [-0.3, -0.25) is 9.78 Å². The molecule has 1 amide bonds. The Kier molecular flexibility index (Phi) is 14.4. The zero-order valence-electron chi connectivity index (χ0n) is 35.7. The molecule has 14 heteroatoms. The summed E-state index contributed by atoms with van der Waals surface area (Å²) in [5.74, 6) is -2.31. The van der Waals surface area contributed by atoms with Crippen molar-refractivity contribution in [2.75, 3.05) is 27.7 Å². The summed E-state index contributed by atoms with van der Waals surface area (Å²) in [4.78, 5) is 54.8. The standard InChI is InChI=1S/C43H65N5O9/c1-12-34-43(8)37(48(41(52)57-43)19-14-13-18-47-24-32(45-25-47)31-16-15-17-44-23-31)30(6)35(49)28(4)22-42(7,53-11)38(26(2)20-27(3)39(51)55-34)56-40-36(50)33(46(9)10)21-29(5)54-40/h15-17,20,23-26,28-30,33-34,36-38,40,50H,12-14,18-19,21-22H2,1-11H3/b27-20+/t26-,28+,29+,30-,33-,34?,36+,37+,38+,40-,42+,43+/m0/s1. The highest BCUT2D eigenvalue weighted by atomic mass is 16.7. The first-order valence-corrected chi connectivity index (χ1v) is 20.5. The molecular weight excluding hydrogens is 730 g/mol. The monoisotopic (exact) mass is 795 g/mol. The van der Waals surface area contributed by atoms with Crippen LogP contribution in [-0.2, 0) is 39.8 Å². The number of methoxy groups -OCH3 is 1. The number of aliphatic hydroxyl groups excluding tert-OH is 1. The fourth-order valence-corrected chi connectivity index (χ4v) is 9.33. The number of amides is 1. The Bertz CT molecular complexity index is 1720. The van der Waals surface area contributed by atoms with Gasteiger partial charge in [-0.15, -0.1) is 0 Å². The average Bonchev–Trinajstić information content (AvgIpc) is 3.75. The van der Waals surface area contributed by atoms with Gasteiger partial charge in [0.25, 0.3) is 0 Å². The zero-order chi connectivity index (χ0) is 41.8. The van der Waals surface area contributed by atoms with E-state index in [1.807, 2.05) is 83.4 Å². The van der Waals surface area contributed by atoms with Gasteiger partial charge in [-0.1, -0.05) is 33.8 Å². The molecule has 0 radical (unpaired) electrons. The number of Topliss-reactive ketones (excluding diaryl/α,β-unsaturated/α-hetero) is 1. The largest absolute Gasteiger partial charge is 0.455 e. The number of pyridine rings is 1. The van der Waals surface area contributed by atoms with Crippen LogP contribution >= 0.6 is 0 Å². The second kappa shape index (κ2) is 18.5. The quantitative estimate of drug-likeness (QED) is 0.220. The number of likely N-dealkylation sites (N-methyl/N-ethyl adjacent to an activating group) is 1. The van der Waals surface area contributed by atoms with E-state index in [1.54, 1.807) is 50.7 Å². The van der Waals surface area contributed by atoms with Gasteiger partial charge in [0.1, 0.15) is 18.0 Å². The lowest BCUT2D eigenvalue weighted by atomic mass is 9.74. The van der Waals surface area contributed by atoms with Gasteiger partial charge in [-0.25, -0.2) is 14.6 Å². The summed E-state index contributed by atoms with van der Waals surface area (Å²) >= 11 is 0. The first-order valence-electron chi connectivity index (χ1n) is 20.5. The van der Waals surface area contributed by atoms with Gasteiger partial charge < -0.3 is 43.2 Å². The molecule has 0 saturated carbocycles. The average molecular weight is 796 g/mol. The number of unbranched alkanes of at least 4 members (excludes halogenated alkanes) is 1. The highest BCUT2D eigenvalue weighted by molar-refractivity contribution is 5.88. The molecule has 5 rings (SSSR count). The summed E-state index contributed by atoms with van der Waals surface area (Å²) in [6.45, 7) is 15.9. The van der Waals surface area contributed by atoms with Crippen LogP contribution in [0.3, 0.4) is 0 Å². The Morgan fingerprint density at radius 2 is 1.81 bits per heavy atom. The molecule has 1 N–H and O–H groups in total. The van der Waals surface area contributed by atoms with Gasteiger partial charge in [0.15, 0.2) is 11.9 Å². The lowest BCUT2D eigenvalue weighted by Crippen LogP contribution is -2.59. The number of aryl methyl sites for hydroxylation is 1. The summed E-state index contributed by atoms with van der Waals surface area (Å²) in [5.41, 5.74) is -0.267. The maximum Gasteiger partial charge on any atom is 0.410 e. The third-order valence-corrected chi connectivity index (χ3v) is 12.4. The van der Waals surface area contributed by atoms with E-state index in [0.717, 1.165) is 17.7 Å². The number of fused-ring (bicyclic) bond motifs is 1. The van der Waals surface area contributed by atoms with Crippen LogP contribution in [0.4, 0.5) is 4.79 Å². The van der Waals surface area contributed by atoms with Crippen LogP contribution in [-0.4, -0.2) is 129 Å². The number of hydrogen-bond acceptors (Lipinski definition) is 12. The SMILES string of the molecule is CCC1OC(=O)/C(C)=C/[C@H](C)[C@@H](O[C@@H]2O[C@H](C)C[C@H](N(C)C)[C@H]2O)[C@](C)(OC)C[C@@H](C)C(=O)[C@H](C)[C@H]2N(CCCCn3cnc(-c4cccnc4)c3)C(=O)O[C@]12C. The van der Waals surface area contributed by atoms with Crippen LogP contribution in [0.15, 0.2) is 48.7 Å². The first kappa shape index (κ1) is 44.4. The van der Waals surface area contributed by atoms with E-state index in [9.17, 15) is 19.5 Å². The summed E-state index contributed by atoms with van der Waals surface area (Å²) in [7, 11) is 5.41. The minimum Gasteiger partial charge on any atom is -0.455 e. The molecule has 0 spiro atoms. The van der Waals surface area contributed by atoms with Crippen LogP contribution < -0.4 is 0 Å². The fraction of sp³-hybridized carbons (Fsp3) is 0.698. The number of ketones is 1. The van der Waals surface area contributed by atoms with Crippen molar-refractivity contribution < 1.29 is 43.2 Å². The van der Waals surface area contributed by atoms with Crippen LogP contribution in [0.2, 0.25) is 0 Å². The number of aromatic nitrogens is 3. The van der Waals surface area contributed by atoms with Crippen molar-refractivity contribution in [3.8, 4) is 11.3 Å². The number of carbonyl (C=O) groups is 3. The predicted molar refractivity (Wildman–Crippen MR) is 214 cm³/mol. The molecule has 3 aliphatic heterocycles. The summed E-state index contributed by atoms with van der Waals surface area (Å²) in [6, 6.07) is 2.92. The molecule has 5 heterocycles. The maximum atomic E-state index is 14.7. The summed E-state index contributed by atoms with van der Waals surface area (Å²) in [5, 5.41) is 11.4. The van der Waals surface area contributed by atoms with E-state index >= 15 is 0 Å². The molecule has 2 saturated heterocycles. The van der Waals surface area contributed by atoms with E-state index in [2.05, 4.69) is 9.97 Å². The smallest absolute Gasteiger partial charge is 0.410 e. The number of ether oxygens (including phenoxy) is 5. The van der Waals surface area contributed by atoms with Crippen molar-refractivity contribution in [1.29, 1.82) is 0 Å². The van der Waals surface area contributed by atoms with Gasteiger partial charge >= 0.3 is 12.1 Å². The number of cyclic esters (lactones) is 1. The molecule has 12 atom stereocenters. The fourth-order valence-electron chi connectivity index (χ4n) is 9.33. The molecule has 316 valence electrons. The molecule has 2 aromatic heterocycles. The molecule has 0 bridgehead atoms. The molecule has 2 aromatic rings. The summed E-state index contributed by atoms with van der Waals surface area (Å²) in [6.07, 6.45) is 7.43. The highest BCUT2D eigenvalue weighted by Gasteiger charge is 2.60. The molecule has 1 unspecified atom stereocenters. The molecule has 57 heavy (non-hydrogen) atoms. The van der Waals surface area contributed by atoms with Crippen LogP contribution in [0.25, 0.3) is 11.3 Å². The third kappa shape index (κ3) is 9.62. The van der Waals surface area contributed by atoms with Gasteiger partial charge in [0.2, 0.25) is 0 Å². The number of aliphatic hydroxyl groups is 1. The molecule has 2 fully saturated rings.